The summed E-state index contributed by atoms with van der Waals surface area (Å²) in [5.74, 6) is 2.49. The second-order valence-corrected chi connectivity index (χ2v) is 8.82. The second kappa shape index (κ2) is 7.95. The van der Waals surface area contributed by atoms with Crippen molar-refractivity contribution in [3.05, 3.63) is 30.5 Å². The van der Waals surface area contributed by atoms with E-state index in [1.54, 1.807) is 12.1 Å². The molecular formula is C20H26F3N3S. The van der Waals surface area contributed by atoms with Crippen molar-refractivity contribution in [2.24, 2.45) is 0 Å². The molecule has 2 fully saturated rings. The zero-order valence-corrected chi connectivity index (χ0v) is 16.2. The van der Waals surface area contributed by atoms with Crippen LogP contribution in [0, 0.1) is 0 Å². The molecule has 1 saturated carbocycles. The van der Waals surface area contributed by atoms with Gasteiger partial charge in [0.1, 0.15) is 6.54 Å². The van der Waals surface area contributed by atoms with Crippen molar-refractivity contribution in [1.82, 2.24) is 9.47 Å². The fraction of sp³-hybridized carbons (Fsp3) is 0.600. The van der Waals surface area contributed by atoms with Gasteiger partial charge in [0.2, 0.25) is 0 Å². The minimum atomic E-state index is -4.21. The molecule has 2 heterocycles. The summed E-state index contributed by atoms with van der Waals surface area (Å²) >= 11 is 2.04. The minimum absolute atomic E-state index is 0.400. The van der Waals surface area contributed by atoms with Crippen LogP contribution >= 0.6 is 11.8 Å². The number of aromatic nitrogens is 1. The maximum atomic E-state index is 12.8. The van der Waals surface area contributed by atoms with E-state index in [0.29, 0.717) is 17.6 Å². The van der Waals surface area contributed by atoms with Crippen LogP contribution < -0.4 is 5.32 Å². The Kier molecular flexibility index (Phi) is 5.60. The van der Waals surface area contributed by atoms with Gasteiger partial charge in [0, 0.05) is 53.9 Å². The van der Waals surface area contributed by atoms with Crippen LogP contribution in [0.5, 0.6) is 0 Å². The Morgan fingerprint density at radius 2 is 1.78 bits per heavy atom. The summed E-state index contributed by atoms with van der Waals surface area (Å²) in [7, 11) is 0. The van der Waals surface area contributed by atoms with Gasteiger partial charge in [-0.05, 0) is 43.9 Å². The SMILES string of the molecule is FC(F)(F)Cn1ccc2c(NC3CCC(N4CCSCC4)CC3)cccc21. The van der Waals surface area contributed by atoms with Crippen molar-refractivity contribution in [1.29, 1.82) is 0 Å². The summed E-state index contributed by atoms with van der Waals surface area (Å²) in [6.45, 7) is 1.47. The Labute approximate surface area is 162 Å². The Hall–Kier alpha value is -1.34. The molecule has 1 aromatic carbocycles. The van der Waals surface area contributed by atoms with E-state index in [2.05, 4.69) is 10.2 Å². The topological polar surface area (TPSA) is 20.2 Å². The summed E-state index contributed by atoms with van der Waals surface area (Å²) in [6, 6.07) is 8.48. The molecule has 0 atom stereocenters. The normalized spacial score (nSPS) is 25.0. The molecule has 7 heteroatoms. The Bertz CT molecular complexity index is 759. The van der Waals surface area contributed by atoms with Gasteiger partial charge in [-0.1, -0.05) is 6.07 Å². The van der Waals surface area contributed by atoms with Crippen LogP contribution in [0.25, 0.3) is 10.9 Å². The van der Waals surface area contributed by atoms with Gasteiger partial charge >= 0.3 is 6.18 Å². The molecule has 2 aliphatic rings. The predicted octanol–water partition coefficient (Wildman–Crippen LogP) is 4.98. The predicted molar refractivity (Wildman–Crippen MR) is 107 cm³/mol. The number of hydrogen-bond acceptors (Lipinski definition) is 3. The fourth-order valence-corrected chi connectivity index (χ4v) is 5.36. The van der Waals surface area contributed by atoms with Crippen LogP contribution in [0.1, 0.15) is 25.7 Å². The van der Waals surface area contributed by atoms with Gasteiger partial charge in [0.15, 0.2) is 0 Å². The zero-order chi connectivity index (χ0) is 18.9. The molecule has 1 aliphatic carbocycles. The zero-order valence-electron chi connectivity index (χ0n) is 15.3. The Morgan fingerprint density at radius 3 is 2.48 bits per heavy atom. The molecule has 1 aliphatic heterocycles. The minimum Gasteiger partial charge on any atom is -0.382 e. The average Bonchev–Trinajstić information content (AvgIpc) is 3.05. The number of thioether (sulfide) groups is 1. The van der Waals surface area contributed by atoms with E-state index in [4.69, 9.17) is 0 Å². The molecule has 0 amide bonds. The number of anilines is 1. The van der Waals surface area contributed by atoms with Crippen molar-refractivity contribution in [3.63, 3.8) is 0 Å². The number of fused-ring (bicyclic) bond motifs is 1. The smallest absolute Gasteiger partial charge is 0.382 e. The number of hydrogen-bond donors (Lipinski definition) is 1. The summed E-state index contributed by atoms with van der Waals surface area (Å²) in [6.07, 6.45) is 1.97. The van der Waals surface area contributed by atoms with E-state index in [0.717, 1.165) is 23.9 Å². The third-order valence-corrected chi connectivity index (χ3v) is 6.72. The quantitative estimate of drug-likeness (QED) is 0.786. The van der Waals surface area contributed by atoms with E-state index < -0.39 is 12.7 Å². The van der Waals surface area contributed by atoms with E-state index in [9.17, 15) is 13.2 Å². The highest BCUT2D eigenvalue weighted by Crippen LogP contribution is 2.31. The summed E-state index contributed by atoms with van der Waals surface area (Å²) in [4.78, 5) is 2.64. The fourth-order valence-electron chi connectivity index (χ4n) is 4.43. The first-order chi connectivity index (χ1) is 13.0. The first-order valence-electron chi connectivity index (χ1n) is 9.72. The lowest BCUT2D eigenvalue weighted by atomic mass is 9.90. The van der Waals surface area contributed by atoms with E-state index in [-0.39, 0.29) is 0 Å². The molecule has 0 spiro atoms. The lowest BCUT2D eigenvalue weighted by Gasteiger charge is -2.39. The lowest BCUT2D eigenvalue weighted by molar-refractivity contribution is -0.139. The van der Waals surface area contributed by atoms with Gasteiger partial charge in [-0.25, -0.2) is 0 Å². The third kappa shape index (κ3) is 4.57. The molecular weight excluding hydrogens is 371 g/mol. The molecule has 0 bridgehead atoms. The first kappa shape index (κ1) is 19.0. The highest BCUT2D eigenvalue weighted by Gasteiger charge is 2.29. The van der Waals surface area contributed by atoms with Gasteiger partial charge in [-0.15, -0.1) is 0 Å². The molecule has 27 heavy (non-hydrogen) atoms. The molecule has 1 aromatic heterocycles. The first-order valence-corrected chi connectivity index (χ1v) is 10.9. The van der Waals surface area contributed by atoms with E-state index >= 15 is 0 Å². The van der Waals surface area contributed by atoms with Crippen molar-refractivity contribution in [2.75, 3.05) is 29.9 Å². The highest BCUT2D eigenvalue weighted by atomic mass is 32.2. The summed E-state index contributed by atoms with van der Waals surface area (Å²) in [5, 5.41) is 4.48. The number of nitrogens with zero attached hydrogens (tertiary/aromatic N) is 2. The summed E-state index contributed by atoms with van der Waals surface area (Å²) in [5.41, 5.74) is 1.59. The number of nitrogens with one attached hydrogen (secondary N) is 1. The van der Waals surface area contributed by atoms with Crippen molar-refractivity contribution >= 4 is 28.4 Å². The molecule has 0 radical (unpaired) electrons. The Morgan fingerprint density at radius 1 is 1.04 bits per heavy atom. The van der Waals surface area contributed by atoms with Crippen molar-refractivity contribution in [2.45, 2.75) is 50.5 Å². The molecule has 3 nitrogen and oxygen atoms in total. The number of alkyl halides is 3. The van der Waals surface area contributed by atoms with Gasteiger partial charge in [0.05, 0.1) is 5.52 Å². The molecule has 2 aromatic rings. The molecule has 0 unspecified atom stereocenters. The van der Waals surface area contributed by atoms with Gasteiger partial charge in [-0.3, -0.25) is 4.90 Å². The van der Waals surface area contributed by atoms with Gasteiger partial charge in [-0.2, -0.15) is 24.9 Å². The van der Waals surface area contributed by atoms with Crippen LogP contribution in [0.4, 0.5) is 18.9 Å². The van der Waals surface area contributed by atoms with Crippen molar-refractivity contribution < 1.29 is 13.2 Å². The molecule has 148 valence electrons. The summed E-state index contributed by atoms with van der Waals surface area (Å²) < 4.78 is 39.6. The molecule has 1 N–H and O–H groups in total. The Balaban J connectivity index is 1.40. The maximum absolute atomic E-state index is 12.8. The van der Waals surface area contributed by atoms with Crippen LogP contribution in [-0.2, 0) is 6.54 Å². The number of rotatable bonds is 4. The van der Waals surface area contributed by atoms with E-state index in [1.807, 2.05) is 23.9 Å². The largest absolute Gasteiger partial charge is 0.406 e. The standard InChI is InChI=1S/C20H26F3N3S/c21-20(22,23)14-26-9-8-17-18(2-1-3-19(17)26)24-15-4-6-16(7-5-15)25-10-12-27-13-11-25/h1-3,8-9,15-16,24H,4-7,10-14H2. The average molecular weight is 398 g/mol. The highest BCUT2D eigenvalue weighted by molar-refractivity contribution is 7.99. The number of halogens is 3. The monoisotopic (exact) mass is 397 g/mol. The molecule has 4 rings (SSSR count). The molecule has 1 saturated heterocycles. The maximum Gasteiger partial charge on any atom is 0.406 e. The van der Waals surface area contributed by atoms with Crippen LogP contribution in [0.15, 0.2) is 30.5 Å². The van der Waals surface area contributed by atoms with Crippen LogP contribution in [-0.4, -0.2) is 52.3 Å². The van der Waals surface area contributed by atoms with Gasteiger partial charge in [0.25, 0.3) is 0 Å². The van der Waals surface area contributed by atoms with Crippen molar-refractivity contribution in [3.8, 4) is 0 Å². The second-order valence-electron chi connectivity index (χ2n) is 7.60. The number of benzene rings is 1. The lowest BCUT2D eigenvalue weighted by Crippen LogP contribution is -2.44. The third-order valence-electron chi connectivity index (χ3n) is 5.78. The van der Waals surface area contributed by atoms with Crippen LogP contribution in [0.2, 0.25) is 0 Å². The van der Waals surface area contributed by atoms with Crippen LogP contribution in [0.3, 0.4) is 0 Å². The van der Waals surface area contributed by atoms with Gasteiger partial charge < -0.3 is 9.88 Å². The van der Waals surface area contributed by atoms with E-state index in [1.165, 1.54) is 48.2 Å².